The average molecular weight is 220 g/mol. The van der Waals surface area contributed by atoms with Crippen molar-refractivity contribution in [2.24, 2.45) is 0 Å². The molecule has 1 N–H and O–H groups in total. The summed E-state index contributed by atoms with van der Waals surface area (Å²) in [6.45, 7) is -1.33. The normalized spacial score (nSPS) is 12.1. The van der Waals surface area contributed by atoms with Crippen molar-refractivity contribution in [3.63, 3.8) is 0 Å². The van der Waals surface area contributed by atoms with Crippen LogP contribution in [0.1, 0.15) is 10.5 Å². The molecule has 0 saturated carbocycles. The van der Waals surface area contributed by atoms with E-state index in [1.165, 1.54) is 13.1 Å². The van der Waals surface area contributed by atoms with Crippen molar-refractivity contribution in [3.05, 3.63) is 24.0 Å². The predicted octanol–water partition coefficient (Wildman–Crippen LogP) is 1.69. The molecule has 0 unspecified atom stereocenters. The molecule has 15 heavy (non-hydrogen) atoms. The Kier molecular flexibility index (Phi) is 3.52. The Bertz CT molecular complexity index is 319. The van der Waals surface area contributed by atoms with Crippen molar-refractivity contribution in [3.8, 4) is 0 Å². The number of ketones is 1. The van der Waals surface area contributed by atoms with Crippen LogP contribution in [0.2, 0.25) is 0 Å². The van der Waals surface area contributed by atoms with Gasteiger partial charge in [-0.2, -0.15) is 13.2 Å². The molecule has 0 bridgehead atoms. The van der Waals surface area contributed by atoms with Gasteiger partial charge < -0.3 is 4.98 Å². The molecular formula is C9H11F3N2O. The van der Waals surface area contributed by atoms with Crippen molar-refractivity contribution in [1.82, 2.24) is 9.88 Å². The quantitative estimate of drug-likeness (QED) is 0.784. The second-order valence-corrected chi connectivity index (χ2v) is 3.29. The average Bonchev–Trinajstić information content (AvgIpc) is 2.50. The molecule has 0 fully saturated rings. The van der Waals surface area contributed by atoms with E-state index in [4.69, 9.17) is 0 Å². The molecule has 6 heteroatoms. The topological polar surface area (TPSA) is 36.1 Å². The molecule has 0 aliphatic heterocycles. The highest BCUT2D eigenvalue weighted by Crippen LogP contribution is 2.15. The van der Waals surface area contributed by atoms with Crippen molar-refractivity contribution < 1.29 is 18.0 Å². The molecule has 0 aliphatic carbocycles. The summed E-state index contributed by atoms with van der Waals surface area (Å²) in [5, 5.41) is 0. The number of rotatable bonds is 4. The molecule has 0 spiro atoms. The molecule has 0 radical (unpaired) electrons. The highest BCUT2D eigenvalue weighted by molar-refractivity contribution is 5.95. The Balaban J connectivity index is 2.45. The van der Waals surface area contributed by atoms with Crippen LogP contribution < -0.4 is 0 Å². The molecule has 3 nitrogen and oxygen atoms in total. The van der Waals surface area contributed by atoms with Gasteiger partial charge in [-0.15, -0.1) is 0 Å². The van der Waals surface area contributed by atoms with Crippen molar-refractivity contribution >= 4 is 5.78 Å². The summed E-state index contributed by atoms with van der Waals surface area (Å²) in [7, 11) is 1.26. The Hall–Kier alpha value is -1.30. The van der Waals surface area contributed by atoms with Crippen LogP contribution in [0.25, 0.3) is 0 Å². The standard InChI is InChI=1S/C9H11F3N2O/c1-14(6-9(10,11)12)5-8(15)7-3-2-4-13-7/h2-4,13H,5-6H2,1H3. The summed E-state index contributed by atoms with van der Waals surface area (Å²) < 4.78 is 35.8. The number of nitrogens with zero attached hydrogens (tertiary/aromatic N) is 1. The number of carbonyl (C=O) groups excluding carboxylic acids is 1. The number of aromatic amines is 1. The van der Waals surface area contributed by atoms with E-state index >= 15 is 0 Å². The van der Waals surface area contributed by atoms with E-state index in [1.807, 2.05) is 0 Å². The molecule has 84 valence electrons. The number of likely N-dealkylation sites (N-methyl/N-ethyl adjacent to an activating group) is 1. The molecule has 1 aromatic rings. The van der Waals surface area contributed by atoms with Gasteiger partial charge >= 0.3 is 6.18 Å². The fourth-order valence-electron chi connectivity index (χ4n) is 1.20. The Labute approximate surface area is 84.9 Å². The number of carbonyl (C=O) groups is 1. The van der Waals surface area contributed by atoms with Crippen LogP contribution in [0.4, 0.5) is 13.2 Å². The minimum Gasteiger partial charge on any atom is -0.359 e. The van der Waals surface area contributed by atoms with Crippen molar-refractivity contribution in [1.29, 1.82) is 0 Å². The van der Waals surface area contributed by atoms with E-state index in [2.05, 4.69) is 4.98 Å². The zero-order valence-electron chi connectivity index (χ0n) is 8.14. The monoisotopic (exact) mass is 220 g/mol. The molecule has 0 amide bonds. The zero-order valence-corrected chi connectivity index (χ0v) is 8.14. The first-order chi connectivity index (χ1) is 6.88. The smallest absolute Gasteiger partial charge is 0.359 e. The van der Waals surface area contributed by atoms with E-state index in [-0.39, 0.29) is 12.3 Å². The molecule has 0 saturated heterocycles. The lowest BCUT2D eigenvalue weighted by Gasteiger charge is -2.17. The Morgan fingerprint density at radius 1 is 1.53 bits per heavy atom. The fraction of sp³-hybridized carbons (Fsp3) is 0.444. The maximum atomic E-state index is 11.9. The van der Waals surface area contributed by atoms with Gasteiger partial charge in [0.15, 0.2) is 5.78 Å². The lowest BCUT2D eigenvalue weighted by atomic mass is 10.3. The van der Waals surface area contributed by atoms with Crippen molar-refractivity contribution in [2.45, 2.75) is 6.18 Å². The second kappa shape index (κ2) is 4.48. The van der Waals surface area contributed by atoms with Gasteiger partial charge in [0.05, 0.1) is 18.8 Å². The molecule has 0 atom stereocenters. The maximum Gasteiger partial charge on any atom is 0.401 e. The number of nitrogens with one attached hydrogen (secondary N) is 1. The zero-order chi connectivity index (χ0) is 11.5. The van der Waals surface area contributed by atoms with Crippen LogP contribution in [0.3, 0.4) is 0 Å². The van der Waals surface area contributed by atoms with Crippen LogP contribution in [0, 0.1) is 0 Å². The van der Waals surface area contributed by atoms with Crippen LogP contribution in [-0.2, 0) is 0 Å². The van der Waals surface area contributed by atoms with Crippen LogP contribution in [0.5, 0.6) is 0 Å². The third-order valence-electron chi connectivity index (χ3n) is 1.76. The van der Waals surface area contributed by atoms with E-state index in [0.717, 1.165) is 4.90 Å². The van der Waals surface area contributed by atoms with Crippen LogP contribution >= 0.6 is 0 Å². The van der Waals surface area contributed by atoms with Gasteiger partial charge in [0.2, 0.25) is 0 Å². The number of halogens is 3. The minimum absolute atomic E-state index is 0.250. The van der Waals surface area contributed by atoms with Gasteiger partial charge in [-0.05, 0) is 19.2 Å². The molecule has 1 rings (SSSR count). The van der Waals surface area contributed by atoms with Gasteiger partial charge in [-0.1, -0.05) is 0 Å². The van der Waals surface area contributed by atoms with Crippen LogP contribution in [0.15, 0.2) is 18.3 Å². The van der Waals surface area contributed by atoms with Gasteiger partial charge in [0, 0.05) is 6.20 Å². The van der Waals surface area contributed by atoms with E-state index in [1.54, 1.807) is 12.3 Å². The Morgan fingerprint density at radius 2 is 2.20 bits per heavy atom. The SMILES string of the molecule is CN(CC(=O)c1ccc[nH]1)CC(F)(F)F. The molecule has 0 aliphatic rings. The lowest BCUT2D eigenvalue weighted by molar-refractivity contribution is -0.141. The number of Topliss-reactive ketones (excluding diaryl/α,β-unsaturated/α-hetero) is 1. The molecule has 0 aromatic carbocycles. The molecular weight excluding hydrogens is 209 g/mol. The summed E-state index contributed by atoms with van der Waals surface area (Å²) in [5.74, 6) is -0.355. The summed E-state index contributed by atoms with van der Waals surface area (Å²) in [5.41, 5.74) is 0.323. The largest absolute Gasteiger partial charge is 0.401 e. The maximum absolute atomic E-state index is 11.9. The number of hydrogen-bond acceptors (Lipinski definition) is 2. The number of H-pyrrole nitrogens is 1. The van der Waals surface area contributed by atoms with E-state index < -0.39 is 12.7 Å². The Morgan fingerprint density at radius 3 is 2.67 bits per heavy atom. The first-order valence-corrected chi connectivity index (χ1v) is 4.30. The summed E-state index contributed by atoms with van der Waals surface area (Å²) in [6, 6.07) is 3.15. The minimum atomic E-state index is -4.27. The van der Waals surface area contributed by atoms with Crippen LogP contribution in [-0.4, -0.2) is 42.0 Å². The first kappa shape index (κ1) is 11.8. The lowest BCUT2D eigenvalue weighted by Crippen LogP contribution is -2.34. The highest BCUT2D eigenvalue weighted by Gasteiger charge is 2.29. The molecule has 1 aromatic heterocycles. The van der Waals surface area contributed by atoms with Gasteiger partial charge in [0.25, 0.3) is 0 Å². The van der Waals surface area contributed by atoms with Crippen molar-refractivity contribution in [2.75, 3.05) is 20.1 Å². The third kappa shape index (κ3) is 4.16. The fourth-order valence-corrected chi connectivity index (χ4v) is 1.20. The predicted molar refractivity (Wildman–Crippen MR) is 48.7 cm³/mol. The first-order valence-electron chi connectivity index (χ1n) is 4.30. The summed E-state index contributed by atoms with van der Waals surface area (Å²) in [4.78, 5) is 14.9. The number of alkyl halides is 3. The number of hydrogen-bond donors (Lipinski definition) is 1. The summed E-state index contributed by atoms with van der Waals surface area (Å²) >= 11 is 0. The van der Waals surface area contributed by atoms with E-state index in [0.29, 0.717) is 5.69 Å². The van der Waals surface area contributed by atoms with Gasteiger partial charge in [-0.3, -0.25) is 9.69 Å². The number of aromatic nitrogens is 1. The highest BCUT2D eigenvalue weighted by atomic mass is 19.4. The molecule has 1 heterocycles. The van der Waals surface area contributed by atoms with Gasteiger partial charge in [0.1, 0.15) is 0 Å². The van der Waals surface area contributed by atoms with Gasteiger partial charge in [-0.25, -0.2) is 0 Å². The van der Waals surface area contributed by atoms with E-state index in [9.17, 15) is 18.0 Å². The third-order valence-corrected chi connectivity index (χ3v) is 1.76. The summed E-state index contributed by atoms with van der Waals surface area (Å²) in [6.07, 6.45) is -2.72. The second-order valence-electron chi connectivity index (χ2n) is 3.29.